The van der Waals surface area contributed by atoms with Crippen LogP contribution in [0.2, 0.25) is 0 Å². The normalized spacial score (nSPS) is 16.5. The van der Waals surface area contributed by atoms with Crippen LogP contribution in [-0.4, -0.2) is 0 Å². The van der Waals surface area contributed by atoms with Crippen LogP contribution in [0.1, 0.15) is 49.9 Å². The number of fused-ring (bicyclic) bond motifs is 4. The van der Waals surface area contributed by atoms with Crippen molar-refractivity contribution in [3.05, 3.63) is 107 Å². The fourth-order valence-corrected chi connectivity index (χ4v) is 5.55. The van der Waals surface area contributed by atoms with Gasteiger partial charge in [-0.15, -0.1) is 0 Å². The predicted octanol–water partition coefficient (Wildman–Crippen LogP) is 8.12. The van der Waals surface area contributed by atoms with Crippen LogP contribution >= 0.6 is 0 Å². The molecule has 0 radical (unpaired) electrons. The molecule has 0 saturated carbocycles. The van der Waals surface area contributed by atoms with E-state index in [0.717, 1.165) is 0 Å². The predicted molar refractivity (Wildman–Crippen MR) is 136 cm³/mol. The Bertz CT molecular complexity index is 1270. The smallest absolute Gasteiger partial charge is 0.0426 e. The van der Waals surface area contributed by atoms with Crippen LogP contribution in [0.4, 0.5) is 22.7 Å². The molecule has 0 bridgehead atoms. The molecule has 6 rings (SSSR count). The van der Waals surface area contributed by atoms with Crippen molar-refractivity contribution in [1.82, 2.24) is 0 Å². The minimum atomic E-state index is -0.0544. The van der Waals surface area contributed by atoms with E-state index >= 15 is 0 Å². The zero-order valence-electron chi connectivity index (χ0n) is 19.1. The molecule has 0 unspecified atom stereocenters. The number of hydrogen-bond donors (Lipinski definition) is 2. The summed E-state index contributed by atoms with van der Waals surface area (Å²) in [5.41, 5.74) is 12.6. The molecule has 0 saturated heterocycles. The van der Waals surface area contributed by atoms with Gasteiger partial charge in [0, 0.05) is 33.6 Å². The molecule has 4 aromatic rings. The molecule has 2 heteroatoms. The Kier molecular flexibility index (Phi) is 3.89. The summed E-state index contributed by atoms with van der Waals surface area (Å²) in [5.74, 6) is 0. The monoisotopic (exact) mass is 416 g/mol. The molecule has 2 N–H and O–H groups in total. The zero-order valence-corrected chi connectivity index (χ0v) is 19.1. The van der Waals surface area contributed by atoms with Crippen LogP contribution in [-0.2, 0) is 10.8 Å². The van der Waals surface area contributed by atoms with Gasteiger partial charge in [0.05, 0.1) is 0 Å². The van der Waals surface area contributed by atoms with Gasteiger partial charge < -0.3 is 10.6 Å². The Balaban J connectivity index is 1.46. The molecule has 2 nitrogen and oxygen atoms in total. The number of para-hydroxylation sites is 2. The van der Waals surface area contributed by atoms with Crippen molar-refractivity contribution in [3.8, 4) is 11.1 Å². The van der Waals surface area contributed by atoms with E-state index in [0.29, 0.717) is 0 Å². The molecule has 158 valence electrons. The summed E-state index contributed by atoms with van der Waals surface area (Å²) in [6.07, 6.45) is 0. The number of anilines is 4. The highest BCUT2D eigenvalue weighted by Crippen LogP contribution is 2.48. The maximum Gasteiger partial charge on any atom is 0.0426 e. The maximum atomic E-state index is 3.64. The van der Waals surface area contributed by atoms with E-state index in [2.05, 4.69) is 123 Å². The van der Waals surface area contributed by atoms with Crippen LogP contribution in [0.5, 0.6) is 0 Å². The molecular formula is C30H28N2. The second-order valence-electron chi connectivity index (χ2n) is 10.1. The van der Waals surface area contributed by atoms with Crippen LogP contribution in [0.15, 0.2) is 84.9 Å². The Morgan fingerprint density at radius 2 is 0.812 bits per heavy atom. The minimum absolute atomic E-state index is 0.0544. The van der Waals surface area contributed by atoms with Gasteiger partial charge in [-0.05, 0) is 69.8 Å². The van der Waals surface area contributed by atoms with E-state index in [1.165, 1.54) is 56.1 Å². The molecular weight excluding hydrogens is 388 g/mol. The summed E-state index contributed by atoms with van der Waals surface area (Å²) in [7, 11) is 0. The first-order valence-corrected chi connectivity index (χ1v) is 11.4. The molecule has 0 atom stereocenters. The van der Waals surface area contributed by atoms with Crippen LogP contribution < -0.4 is 10.6 Å². The van der Waals surface area contributed by atoms with Crippen LogP contribution in [0.3, 0.4) is 0 Å². The fraction of sp³-hybridized carbons (Fsp3) is 0.200. The lowest BCUT2D eigenvalue weighted by molar-refractivity contribution is 0.637. The van der Waals surface area contributed by atoms with Crippen molar-refractivity contribution in [2.45, 2.75) is 38.5 Å². The first kappa shape index (κ1) is 19.2. The Morgan fingerprint density at radius 1 is 0.438 bits per heavy atom. The highest BCUT2D eigenvalue weighted by atomic mass is 14.9. The van der Waals surface area contributed by atoms with Gasteiger partial charge in [-0.25, -0.2) is 0 Å². The molecule has 2 aliphatic rings. The number of hydrogen-bond acceptors (Lipinski definition) is 2. The average molecular weight is 417 g/mol. The molecule has 4 aromatic carbocycles. The number of nitrogens with one attached hydrogen (secondary N) is 2. The molecule has 0 aliphatic carbocycles. The number of benzene rings is 4. The lowest BCUT2D eigenvalue weighted by Gasteiger charge is -2.37. The van der Waals surface area contributed by atoms with E-state index in [4.69, 9.17) is 0 Å². The second-order valence-corrected chi connectivity index (χ2v) is 10.1. The summed E-state index contributed by atoms with van der Waals surface area (Å²) in [4.78, 5) is 0. The lowest BCUT2D eigenvalue weighted by Crippen LogP contribution is -2.26. The Labute approximate surface area is 190 Å². The van der Waals surface area contributed by atoms with Crippen molar-refractivity contribution in [1.29, 1.82) is 0 Å². The van der Waals surface area contributed by atoms with Gasteiger partial charge in [0.2, 0.25) is 0 Å². The van der Waals surface area contributed by atoms with E-state index in [1.807, 2.05) is 0 Å². The molecule has 0 fully saturated rings. The fourth-order valence-electron chi connectivity index (χ4n) is 5.55. The molecule has 0 aromatic heterocycles. The lowest BCUT2D eigenvalue weighted by atomic mass is 9.72. The summed E-state index contributed by atoms with van der Waals surface area (Å²) < 4.78 is 0. The van der Waals surface area contributed by atoms with Gasteiger partial charge in [0.25, 0.3) is 0 Å². The van der Waals surface area contributed by atoms with Crippen LogP contribution in [0, 0.1) is 0 Å². The molecule has 2 aliphatic heterocycles. The van der Waals surface area contributed by atoms with E-state index < -0.39 is 0 Å². The van der Waals surface area contributed by atoms with Gasteiger partial charge in [-0.1, -0.05) is 76.2 Å². The highest BCUT2D eigenvalue weighted by molar-refractivity contribution is 5.82. The molecule has 0 spiro atoms. The van der Waals surface area contributed by atoms with Crippen molar-refractivity contribution < 1.29 is 0 Å². The SMILES string of the molecule is CC1(C)c2ccccc2Nc2ccc(-c3ccc4c(c3)C(C)(C)c3ccccc3N4)cc21. The third kappa shape index (κ3) is 2.65. The Morgan fingerprint density at radius 3 is 1.25 bits per heavy atom. The van der Waals surface area contributed by atoms with E-state index in [9.17, 15) is 0 Å². The largest absolute Gasteiger partial charge is 0.355 e. The van der Waals surface area contributed by atoms with Crippen molar-refractivity contribution in [2.24, 2.45) is 0 Å². The maximum absolute atomic E-state index is 3.64. The zero-order chi connectivity index (χ0) is 22.1. The van der Waals surface area contributed by atoms with E-state index in [1.54, 1.807) is 0 Å². The third-order valence-corrected chi connectivity index (χ3v) is 7.46. The molecule has 32 heavy (non-hydrogen) atoms. The first-order valence-electron chi connectivity index (χ1n) is 11.4. The van der Waals surface area contributed by atoms with Gasteiger partial charge >= 0.3 is 0 Å². The minimum Gasteiger partial charge on any atom is -0.355 e. The van der Waals surface area contributed by atoms with Crippen molar-refractivity contribution >= 4 is 22.7 Å². The summed E-state index contributed by atoms with van der Waals surface area (Å²) in [6.45, 7) is 9.30. The number of rotatable bonds is 1. The molecule has 2 heterocycles. The van der Waals surface area contributed by atoms with Gasteiger partial charge in [0.1, 0.15) is 0 Å². The summed E-state index contributed by atoms with van der Waals surface area (Å²) in [6, 6.07) is 31.0. The Hall–Kier alpha value is -3.52. The third-order valence-electron chi connectivity index (χ3n) is 7.46. The van der Waals surface area contributed by atoms with Gasteiger partial charge in [-0.2, -0.15) is 0 Å². The van der Waals surface area contributed by atoms with E-state index in [-0.39, 0.29) is 10.8 Å². The van der Waals surface area contributed by atoms with Crippen molar-refractivity contribution in [3.63, 3.8) is 0 Å². The summed E-state index contributed by atoms with van der Waals surface area (Å²) in [5, 5.41) is 7.28. The summed E-state index contributed by atoms with van der Waals surface area (Å²) >= 11 is 0. The van der Waals surface area contributed by atoms with Gasteiger partial charge in [-0.3, -0.25) is 0 Å². The molecule has 0 amide bonds. The average Bonchev–Trinajstić information content (AvgIpc) is 2.79. The standard InChI is InChI=1S/C30H28N2/c1-29(2)21-9-5-7-11-25(21)31-27-15-13-19(17-23(27)29)20-14-16-28-24(18-20)30(3,4)22-10-6-8-12-26(22)32-28/h5-18,31-32H,1-4H3. The quantitative estimate of drug-likeness (QED) is 0.327. The highest BCUT2D eigenvalue weighted by Gasteiger charge is 2.34. The van der Waals surface area contributed by atoms with Crippen LogP contribution in [0.25, 0.3) is 11.1 Å². The van der Waals surface area contributed by atoms with Crippen molar-refractivity contribution in [2.75, 3.05) is 10.6 Å². The topological polar surface area (TPSA) is 24.1 Å². The second kappa shape index (κ2) is 6.49. The van der Waals surface area contributed by atoms with Gasteiger partial charge in [0.15, 0.2) is 0 Å². The first-order chi connectivity index (χ1) is 15.4.